The summed E-state index contributed by atoms with van der Waals surface area (Å²) < 4.78 is 5.11. The first-order valence-electron chi connectivity index (χ1n) is 9.88. The van der Waals surface area contributed by atoms with Crippen molar-refractivity contribution in [3.8, 4) is 0 Å². The number of hydrogen-bond donors (Lipinski definition) is 3. The van der Waals surface area contributed by atoms with Crippen molar-refractivity contribution in [2.45, 2.75) is 39.7 Å². The van der Waals surface area contributed by atoms with Gasteiger partial charge in [0.1, 0.15) is 0 Å². The van der Waals surface area contributed by atoms with E-state index in [1.54, 1.807) is 7.11 Å². The fourth-order valence-corrected chi connectivity index (χ4v) is 2.98. The predicted octanol–water partition coefficient (Wildman–Crippen LogP) is 2.73. The summed E-state index contributed by atoms with van der Waals surface area (Å²) in [4.78, 5) is 16.6. The van der Waals surface area contributed by atoms with Gasteiger partial charge in [-0.2, -0.15) is 0 Å². The van der Waals surface area contributed by atoms with Crippen LogP contribution < -0.4 is 10.6 Å². The number of carbonyl (C=O) groups excluding carboxylic acids is 1. The largest absolute Gasteiger partial charge is 0.383 e. The molecule has 2 amide bonds. The maximum absolute atomic E-state index is 12.4. The summed E-state index contributed by atoms with van der Waals surface area (Å²) in [5.74, 6) is 0. The van der Waals surface area contributed by atoms with E-state index in [1.165, 1.54) is 0 Å². The highest BCUT2D eigenvalue weighted by Crippen LogP contribution is 2.13. The summed E-state index contributed by atoms with van der Waals surface area (Å²) in [7, 11) is 5.57. The van der Waals surface area contributed by atoms with Gasteiger partial charge >= 0.3 is 6.03 Å². The highest BCUT2D eigenvalue weighted by molar-refractivity contribution is 6.12. The quantitative estimate of drug-likeness (QED) is 0.395. The van der Waals surface area contributed by atoms with E-state index in [1.807, 2.05) is 51.2 Å². The highest BCUT2D eigenvalue weighted by atomic mass is 16.5. The van der Waals surface area contributed by atoms with Crippen molar-refractivity contribution < 1.29 is 9.53 Å². The number of likely N-dealkylation sites (tertiary alicyclic amines) is 1. The molecular formula is C21H37N5O2. The van der Waals surface area contributed by atoms with Crippen molar-refractivity contribution in [2.75, 3.05) is 47.4 Å². The summed E-state index contributed by atoms with van der Waals surface area (Å²) in [5, 5.41) is 14.4. The number of ether oxygens (including phenoxy) is 1. The molecule has 0 aromatic heterocycles. The average Bonchev–Trinajstić information content (AvgIpc) is 3.08. The Kier molecular flexibility index (Phi) is 10.6. The number of rotatable bonds is 10. The highest BCUT2D eigenvalue weighted by Gasteiger charge is 2.23. The Labute approximate surface area is 170 Å². The van der Waals surface area contributed by atoms with Gasteiger partial charge in [0.15, 0.2) is 0 Å². The van der Waals surface area contributed by atoms with E-state index in [9.17, 15) is 4.79 Å². The van der Waals surface area contributed by atoms with E-state index in [-0.39, 0.29) is 12.1 Å². The van der Waals surface area contributed by atoms with Crippen LogP contribution in [0.5, 0.6) is 0 Å². The smallest absolute Gasteiger partial charge is 0.319 e. The fraction of sp³-hybridized carbons (Fsp3) is 0.619. The molecule has 7 heteroatoms. The molecule has 1 atom stereocenters. The lowest BCUT2D eigenvalue weighted by molar-refractivity contribution is 0.159. The van der Waals surface area contributed by atoms with Gasteiger partial charge in [0.2, 0.25) is 0 Å². The summed E-state index contributed by atoms with van der Waals surface area (Å²) in [6.45, 7) is 9.16. The number of methoxy groups -OCH3 is 1. The average molecular weight is 392 g/mol. The van der Waals surface area contributed by atoms with Gasteiger partial charge in [-0.05, 0) is 32.3 Å². The summed E-state index contributed by atoms with van der Waals surface area (Å²) in [6, 6.07) is -0.0772. The molecule has 0 spiro atoms. The zero-order valence-electron chi connectivity index (χ0n) is 18.3. The van der Waals surface area contributed by atoms with Crippen LogP contribution in [-0.4, -0.2) is 75.0 Å². The second kappa shape index (κ2) is 12.4. The third-order valence-electron chi connectivity index (χ3n) is 4.68. The number of amides is 2. The minimum atomic E-state index is -0.217. The number of carbonyl (C=O) groups is 1. The van der Waals surface area contributed by atoms with Gasteiger partial charge in [0.05, 0.1) is 12.3 Å². The van der Waals surface area contributed by atoms with Gasteiger partial charge in [-0.25, -0.2) is 4.79 Å². The Morgan fingerprint density at radius 3 is 2.68 bits per heavy atom. The normalized spacial score (nSPS) is 18.9. The van der Waals surface area contributed by atoms with Crippen molar-refractivity contribution in [1.29, 1.82) is 5.41 Å². The standard InChI is InChI=1S/C21H37N5O2/c1-7-8-9-18(14-25(4)5)20(22)16(2)17(3)23-21(27)24-19-10-11-26(15-19)12-13-28-6/h8-9,14,19,22H,7,10-13,15H2,1-6H3,(H2,23,24,27)/b9-8+,17-16+,18-14+,22-20?/t19-/m0/s1. The second-order valence-electron chi connectivity index (χ2n) is 7.36. The molecule has 158 valence electrons. The van der Waals surface area contributed by atoms with Gasteiger partial charge in [-0.15, -0.1) is 0 Å². The van der Waals surface area contributed by atoms with E-state index < -0.39 is 0 Å². The molecule has 1 saturated heterocycles. The van der Waals surface area contributed by atoms with Crippen LogP contribution in [0.4, 0.5) is 4.79 Å². The van der Waals surface area contributed by atoms with Crippen LogP contribution in [0.2, 0.25) is 0 Å². The lowest BCUT2D eigenvalue weighted by atomic mass is 10.0. The van der Waals surface area contributed by atoms with Crippen molar-refractivity contribution in [3.05, 3.63) is 35.2 Å². The first-order chi connectivity index (χ1) is 13.3. The third-order valence-corrected chi connectivity index (χ3v) is 4.68. The van der Waals surface area contributed by atoms with Gasteiger partial charge in [-0.3, -0.25) is 10.3 Å². The molecule has 1 aliphatic rings. The first kappa shape index (κ1) is 23.9. The van der Waals surface area contributed by atoms with Crippen molar-refractivity contribution in [2.24, 2.45) is 0 Å². The van der Waals surface area contributed by atoms with Crippen molar-refractivity contribution >= 4 is 11.7 Å². The number of urea groups is 1. The van der Waals surface area contributed by atoms with E-state index in [0.29, 0.717) is 18.0 Å². The number of allylic oxidation sites excluding steroid dienone is 5. The zero-order chi connectivity index (χ0) is 21.1. The number of nitrogens with one attached hydrogen (secondary N) is 3. The lowest BCUT2D eigenvalue weighted by Gasteiger charge is -2.18. The minimum absolute atomic E-state index is 0.140. The molecular weight excluding hydrogens is 354 g/mol. The molecule has 1 aliphatic heterocycles. The molecule has 0 aliphatic carbocycles. The van der Waals surface area contributed by atoms with Crippen LogP contribution in [-0.2, 0) is 4.74 Å². The predicted molar refractivity (Wildman–Crippen MR) is 116 cm³/mol. The van der Waals surface area contributed by atoms with Crippen LogP contribution in [0.15, 0.2) is 35.2 Å². The molecule has 28 heavy (non-hydrogen) atoms. The Morgan fingerprint density at radius 2 is 2.07 bits per heavy atom. The van der Waals surface area contributed by atoms with Crippen molar-refractivity contribution in [3.63, 3.8) is 0 Å². The van der Waals surface area contributed by atoms with Gasteiger partial charge in [0.25, 0.3) is 0 Å². The van der Waals surface area contributed by atoms with E-state index in [2.05, 4.69) is 22.5 Å². The molecule has 1 rings (SSSR count). The third kappa shape index (κ3) is 8.27. The molecule has 0 unspecified atom stereocenters. The van der Waals surface area contributed by atoms with Gasteiger partial charge < -0.3 is 20.3 Å². The van der Waals surface area contributed by atoms with Crippen LogP contribution in [0.25, 0.3) is 0 Å². The molecule has 0 aromatic rings. The molecule has 0 bridgehead atoms. The second-order valence-corrected chi connectivity index (χ2v) is 7.36. The van der Waals surface area contributed by atoms with Crippen LogP contribution in [0, 0.1) is 5.41 Å². The van der Waals surface area contributed by atoms with E-state index in [0.717, 1.165) is 43.6 Å². The molecule has 1 fully saturated rings. The molecule has 0 saturated carbocycles. The molecule has 1 heterocycles. The monoisotopic (exact) mass is 391 g/mol. The lowest BCUT2D eigenvalue weighted by Crippen LogP contribution is -2.43. The number of hydrogen-bond acceptors (Lipinski definition) is 5. The van der Waals surface area contributed by atoms with E-state index >= 15 is 0 Å². The fourth-order valence-electron chi connectivity index (χ4n) is 2.98. The Morgan fingerprint density at radius 1 is 1.36 bits per heavy atom. The Balaban J connectivity index is 2.68. The zero-order valence-corrected chi connectivity index (χ0v) is 18.3. The van der Waals surface area contributed by atoms with Gasteiger partial charge in [0, 0.05) is 64.4 Å². The van der Waals surface area contributed by atoms with Crippen molar-refractivity contribution in [1.82, 2.24) is 20.4 Å². The van der Waals surface area contributed by atoms with E-state index in [4.69, 9.17) is 10.1 Å². The summed E-state index contributed by atoms with van der Waals surface area (Å²) in [5.41, 5.74) is 2.65. The maximum atomic E-state index is 12.4. The first-order valence-corrected chi connectivity index (χ1v) is 9.88. The Bertz CT molecular complexity index is 622. The maximum Gasteiger partial charge on any atom is 0.319 e. The summed E-state index contributed by atoms with van der Waals surface area (Å²) >= 11 is 0. The minimum Gasteiger partial charge on any atom is -0.383 e. The molecule has 7 nitrogen and oxygen atoms in total. The topological polar surface area (TPSA) is 80.7 Å². The molecule has 3 N–H and O–H groups in total. The van der Waals surface area contributed by atoms with Crippen LogP contribution >= 0.6 is 0 Å². The SMILES string of the molecule is CC/C=C/C(=C\N(C)C)C(=N)/C(C)=C(\C)NC(=O)N[C@H]1CCN(CCOC)C1. The number of nitrogens with zero attached hydrogens (tertiary/aromatic N) is 2. The molecule has 0 radical (unpaired) electrons. The Hall–Kier alpha value is -2.12. The van der Waals surface area contributed by atoms with Crippen LogP contribution in [0.3, 0.4) is 0 Å². The van der Waals surface area contributed by atoms with Gasteiger partial charge in [-0.1, -0.05) is 19.1 Å². The summed E-state index contributed by atoms with van der Waals surface area (Å²) in [6.07, 6.45) is 7.74. The van der Waals surface area contributed by atoms with Crippen LogP contribution in [0.1, 0.15) is 33.6 Å². The molecule has 0 aromatic carbocycles.